The Morgan fingerprint density at radius 3 is 2.75 bits per heavy atom. The maximum Gasteiger partial charge on any atom is 0.152 e. The molecular formula is C14H19NO. The van der Waals surface area contributed by atoms with Crippen LogP contribution in [0.4, 0.5) is 5.69 Å². The van der Waals surface area contributed by atoms with Crippen LogP contribution in [0.1, 0.15) is 26.3 Å². The smallest absolute Gasteiger partial charge is 0.152 e. The SMILES string of the molecule is CC(=O)C1Cc2ccccc2N1CC(C)C. The molecule has 86 valence electrons. The highest BCUT2D eigenvalue weighted by atomic mass is 16.1. The lowest BCUT2D eigenvalue weighted by Crippen LogP contribution is -2.39. The van der Waals surface area contributed by atoms with E-state index in [9.17, 15) is 4.79 Å². The van der Waals surface area contributed by atoms with Gasteiger partial charge in [0.15, 0.2) is 5.78 Å². The number of nitrogens with zero attached hydrogens (tertiary/aromatic N) is 1. The number of para-hydroxylation sites is 1. The van der Waals surface area contributed by atoms with Gasteiger partial charge in [0, 0.05) is 18.7 Å². The van der Waals surface area contributed by atoms with Crippen LogP contribution in [0.5, 0.6) is 0 Å². The molecule has 0 bridgehead atoms. The topological polar surface area (TPSA) is 20.3 Å². The van der Waals surface area contributed by atoms with Crippen molar-refractivity contribution in [3.8, 4) is 0 Å². The molecule has 2 nitrogen and oxygen atoms in total. The molecule has 1 atom stereocenters. The van der Waals surface area contributed by atoms with Crippen LogP contribution in [0.25, 0.3) is 0 Å². The molecule has 1 unspecified atom stereocenters. The zero-order valence-electron chi connectivity index (χ0n) is 10.2. The summed E-state index contributed by atoms with van der Waals surface area (Å²) in [6.45, 7) is 7.04. The second-order valence-corrected chi connectivity index (χ2v) is 5.01. The van der Waals surface area contributed by atoms with Crippen molar-refractivity contribution in [2.75, 3.05) is 11.4 Å². The fraction of sp³-hybridized carbons (Fsp3) is 0.500. The summed E-state index contributed by atoms with van der Waals surface area (Å²) < 4.78 is 0. The van der Waals surface area contributed by atoms with Crippen LogP contribution in [0.3, 0.4) is 0 Å². The van der Waals surface area contributed by atoms with Gasteiger partial charge >= 0.3 is 0 Å². The number of carbonyl (C=O) groups is 1. The molecule has 0 N–H and O–H groups in total. The largest absolute Gasteiger partial charge is 0.361 e. The lowest BCUT2D eigenvalue weighted by molar-refractivity contribution is -0.118. The van der Waals surface area contributed by atoms with Crippen molar-refractivity contribution in [2.24, 2.45) is 5.92 Å². The van der Waals surface area contributed by atoms with Crippen molar-refractivity contribution < 1.29 is 4.79 Å². The van der Waals surface area contributed by atoms with Gasteiger partial charge in [-0.2, -0.15) is 0 Å². The van der Waals surface area contributed by atoms with Crippen LogP contribution in [0.15, 0.2) is 24.3 Å². The minimum absolute atomic E-state index is 0.0554. The molecule has 0 aromatic heterocycles. The molecule has 2 rings (SSSR count). The van der Waals surface area contributed by atoms with E-state index in [1.165, 1.54) is 11.3 Å². The fourth-order valence-electron chi connectivity index (χ4n) is 2.43. The fourth-order valence-corrected chi connectivity index (χ4v) is 2.43. The molecule has 0 fully saturated rings. The predicted octanol–water partition coefficient (Wildman–Crippen LogP) is 2.66. The number of fused-ring (bicyclic) bond motifs is 1. The van der Waals surface area contributed by atoms with Crippen molar-refractivity contribution in [3.63, 3.8) is 0 Å². The van der Waals surface area contributed by atoms with Gasteiger partial charge in [-0.1, -0.05) is 32.0 Å². The first-order valence-electron chi connectivity index (χ1n) is 5.94. The van der Waals surface area contributed by atoms with Crippen LogP contribution in [0.2, 0.25) is 0 Å². The number of benzene rings is 1. The molecule has 0 aliphatic carbocycles. The Bertz CT molecular complexity index is 397. The summed E-state index contributed by atoms with van der Waals surface area (Å²) in [5.74, 6) is 0.852. The maximum absolute atomic E-state index is 11.7. The summed E-state index contributed by atoms with van der Waals surface area (Å²) in [4.78, 5) is 13.9. The first-order chi connectivity index (χ1) is 7.59. The van der Waals surface area contributed by atoms with E-state index in [2.05, 4.69) is 43.0 Å². The minimum atomic E-state index is 0.0554. The van der Waals surface area contributed by atoms with Crippen molar-refractivity contribution in [1.29, 1.82) is 0 Å². The third-order valence-corrected chi connectivity index (χ3v) is 3.12. The molecule has 1 heterocycles. The lowest BCUT2D eigenvalue weighted by Gasteiger charge is -2.27. The van der Waals surface area contributed by atoms with Crippen LogP contribution < -0.4 is 4.90 Å². The normalized spacial score (nSPS) is 19.0. The highest BCUT2D eigenvalue weighted by Gasteiger charge is 2.31. The Hall–Kier alpha value is -1.31. The predicted molar refractivity (Wildman–Crippen MR) is 66.8 cm³/mol. The Morgan fingerprint density at radius 1 is 1.44 bits per heavy atom. The van der Waals surface area contributed by atoms with Crippen LogP contribution in [-0.2, 0) is 11.2 Å². The molecular weight excluding hydrogens is 198 g/mol. The van der Waals surface area contributed by atoms with Gasteiger partial charge in [0.25, 0.3) is 0 Å². The van der Waals surface area contributed by atoms with Gasteiger partial charge < -0.3 is 4.90 Å². The number of carbonyl (C=O) groups excluding carboxylic acids is 1. The van der Waals surface area contributed by atoms with E-state index in [0.29, 0.717) is 5.92 Å². The highest BCUT2D eigenvalue weighted by Crippen LogP contribution is 2.32. The van der Waals surface area contributed by atoms with Crippen molar-refractivity contribution in [2.45, 2.75) is 33.2 Å². The zero-order chi connectivity index (χ0) is 11.7. The minimum Gasteiger partial charge on any atom is -0.361 e. The Balaban J connectivity index is 2.32. The third-order valence-electron chi connectivity index (χ3n) is 3.12. The maximum atomic E-state index is 11.7. The number of Topliss-reactive ketones (excluding diaryl/α,β-unsaturated/α-hetero) is 1. The molecule has 0 saturated heterocycles. The van der Waals surface area contributed by atoms with Crippen LogP contribution >= 0.6 is 0 Å². The monoisotopic (exact) mass is 217 g/mol. The molecule has 0 spiro atoms. The van der Waals surface area contributed by atoms with Crippen LogP contribution in [0, 0.1) is 5.92 Å². The number of anilines is 1. The molecule has 1 aromatic rings. The molecule has 0 saturated carbocycles. The average molecular weight is 217 g/mol. The summed E-state index contributed by atoms with van der Waals surface area (Å²) in [7, 11) is 0. The van der Waals surface area contributed by atoms with Gasteiger partial charge in [-0.25, -0.2) is 0 Å². The summed E-state index contributed by atoms with van der Waals surface area (Å²) in [6, 6.07) is 8.41. The van der Waals surface area contributed by atoms with E-state index in [0.717, 1.165) is 13.0 Å². The number of rotatable bonds is 3. The summed E-state index contributed by atoms with van der Waals surface area (Å²) in [6.07, 6.45) is 0.873. The first kappa shape index (κ1) is 11.2. The summed E-state index contributed by atoms with van der Waals surface area (Å²) >= 11 is 0. The molecule has 16 heavy (non-hydrogen) atoms. The highest BCUT2D eigenvalue weighted by molar-refractivity contribution is 5.88. The van der Waals surface area contributed by atoms with E-state index < -0.39 is 0 Å². The molecule has 1 aliphatic heterocycles. The first-order valence-corrected chi connectivity index (χ1v) is 5.94. The van der Waals surface area contributed by atoms with Crippen molar-refractivity contribution >= 4 is 11.5 Å². The molecule has 0 radical (unpaired) electrons. The van der Waals surface area contributed by atoms with Gasteiger partial charge in [0.2, 0.25) is 0 Å². The van der Waals surface area contributed by atoms with E-state index in [4.69, 9.17) is 0 Å². The molecule has 1 aliphatic rings. The lowest BCUT2D eigenvalue weighted by atomic mass is 10.1. The standard InChI is InChI=1S/C14H19NO/c1-10(2)9-15-13-7-5-4-6-12(13)8-14(15)11(3)16/h4-7,10,14H,8-9H2,1-3H3. The van der Waals surface area contributed by atoms with Gasteiger partial charge in [-0.05, 0) is 24.5 Å². The third kappa shape index (κ3) is 1.97. The molecule has 0 amide bonds. The number of hydrogen-bond acceptors (Lipinski definition) is 2. The quantitative estimate of drug-likeness (QED) is 0.775. The second-order valence-electron chi connectivity index (χ2n) is 5.01. The molecule has 1 aromatic carbocycles. The van der Waals surface area contributed by atoms with E-state index in [1.807, 2.05) is 0 Å². The van der Waals surface area contributed by atoms with Gasteiger partial charge in [0.05, 0.1) is 6.04 Å². The Kier molecular flexibility index (Phi) is 2.99. The van der Waals surface area contributed by atoms with Gasteiger partial charge in [0.1, 0.15) is 0 Å². The van der Waals surface area contributed by atoms with Crippen molar-refractivity contribution in [3.05, 3.63) is 29.8 Å². The van der Waals surface area contributed by atoms with E-state index in [1.54, 1.807) is 6.92 Å². The Labute approximate surface area is 97.3 Å². The van der Waals surface area contributed by atoms with E-state index >= 15 is 0 Å². The van der Waals surface area contributed by atoms with E-state index in [-0.39, 0.29) is 11.8 Å². The van der Waals surface area contributed by atoms with Crippen molar-refractivity contribution in [1.82, 2.24) is 0 Å². The van der Waals surface area contributed by atoms with Crippen LogP contribution in [-0.4, -0.2) is 18.4 Å². The van der Waals surface area contributed by atoms with Gasteiger partial charge in [-0.15, -0.1) is 0 Å². The van der Waals surface area contributed by atoms with Gasteiger partial charge in [-0.3, -0.25) is 4.79 Å². The average Bonchev–Trinajstić information content (AvgIpc) is 2.57. The summed E-state index contributed by atoms with van der Waals surface area (Å²) in [5, 5.41) is 0. The summed E-state index contributed by atoms with van der Waals surface area (Å²) in [5.41, 5.74) is 2.56. The Morgan fingerprint density at radius 2 is 2.12 bits per heavy atom. The second kappa shape index (κ2) is 4.28. The number of ketones is 1. The zero-order valence-corrected chi connectivity index (χ0v) is 10.2. The molecule has 2 heteroatoms. The number of hydrogen-bond donors (Lipinski definition) is 0.